The Morgan fingerprint density at radius 1 is 1.25 bits per heavy atom. The molecular formula is C10H7Br2ClN2O. The zero-order valence-electron chi connectivity index (χ0n) is 8.25. The largest absolute Gasteiger partial charge is 0.334 e. The van der Waals surface area contributed by atoms with Gasteiger partial charge in [0.25, 0.3) is 5.89 Å². The van der Waals surface area contributed by atoms with E-state index in [2.05, 4.69) is 42.0 Å². The lowest BCUT2D eigenvalue weighted by atomic mass is 10.2. The van der Waals surface area contributed by atoms with E-state index in [0.29, 0.717) is 11.7 Å². The van der Waals surface area contributed by atoms with Crippen molar-refractivity contribution in [3.63, 3.8) is 0 Å². The third-order valence-corrected chi connectivity index (χ3v) is 3.02. The number of hydrogen-bond acceptors (Lipinski definition) is 3. The van der Waals surface area contributed by atoms with Gasteiger partial charge >= 0.3 is 0 Å². The Morgan fingerprint density at radius 3 is 2.38 bits per heavy atom. The van der Waals surface area contributed by atoms with Gasteiger partial charge in [0.05, 0.1) is 5.38 Å². The minimum Gasteiger partial charge on any atom is -0.334 e. The van der Waals surface area contributed by atoms with E-state index < -0.39 is 0 Å². The SMILES string of the molecule is CC(Cl)c1noc(-c2cc(Br)cc(Br)c2)n1. The first-order valence-electron chi connectivity index (χ1n) is 4.50. The van der Waals surface area contributed by atoms with Crippen LogP contribution in [0.4, 0.5) is 0 Å². The normalized spacial score (nSPS) is 12.8. The van der Waals surface area contributed by atoms with E-state index in [0.717, 1.165) is 14.5 Å². The predicted octanol–water partition coefficient (Wildman–Crippen LogP) is 4.56. The Bertz CT molecular complexity index is 493. The summed E-state index contributed by atoms with van der Waals surface area (Å²) in [6.45, 7) is 1.80. The van der Waals surface area contributed by atoms with Crippen LogP contribution in [0.15, 0.2) is 31.7 Å². The Balaban J connectivity index is 2.42. The highest BCUT2D eigenvalue weighted by atomic mass is 79.9. The van der Waals surface area contributed by atoms with Crippen molar-refractivity contribution >= 4 is 43.5 Å². The lowest BCUT2D eigenvalue weighted by molar-refractivity contribution is 0.422. The van der Waals surface area contributed by atoms with Gasteiger partial charge in [-0.3, -0.25) is 0 Å². The monoisotopic (exact) mass is 364 g/mol. The predicted molar refractivity (Wildman–Crippen MR) is 69.4 cm³/mol. The van der Waals surface area contributed by atoms with Crippen molar-refractivity contribution in [3.05, 3.63) is 33.0 Å². The van der Waals surface area contributed by atoms with Crippen molar-refractivity contribution in [3.8, 4) is 11.5 Å². The van der Waals surface area contributed by atoms with Crippen LogP contribution in [0.5, 0.6) is 0 Å². The van der Waals surface area contributed by atoms with Gasteiger partial charge < -0.3 is 4.52 Å². The van der Waals surface area contributed by atoms with Crippen LogP contribution < -0.4 is 0 Å². The van der Waals surface area contributed by atoms with E-state index in [4.69, 9.17) is 16.1 Å². The summed E-state index contributed by atoms with van der Waals surface area (Å²) in [6.07, 6.45) is 0. The van der Waals surface area contributed by atoms with E-state index in [1.165, 1.54) is 0 Å². The molecule has 1 aromatic carbocycles. The molecule has 0 aliphatic heterocycles. The summed E-state index contributed by atoms with van der Waals surface area (Å²) in [5.41, 5.74) is 0.845. The standard InChI is InChI=1S/C10H7Br2ClN2O/c1-5(13)9-14-10(16-15-9)6-2-7(11)4-8(12)3-6/h2-5H,1H3. The summed E-state index contributed by atoms with van der Waals surface area (Å²) < 4.78 is 7.02. The Morgan fingerprint density at radius 2 is 1.88 bits per heavy atom. The molecule has 2 aromatic rings. The van der Waals surface area contributed by atoms with E-state index in [1.807, 2.05) is 18.2 Å². The maximum absolute atomic E-state index is 5.86. The Labute approximate surface area is 114 Å². The molecule has 0 fully saturated rings. The molecule has 2 rings (SSSR count). The minimum atomic E-state index is -0.256. The Kier molecular flexibility index (Phi) is 3.66. The molecule has 1 aromatic heterocycles. The zero-order chi connectivity index (χ0) is 11.7. The average Bonchev–Trinajstić information content (AvgIpc) is 2.64. The number of benzene rings is 1. The number of hydrogen-bond donors (Lipinski definition) is 0. The van der Waals surface area contributed by atoms with Crippen LogP contribution in [0.1, 0.15) is 18.1 Å². The molecule has 84 valence electrons. The fourth-order valence-electron chi connectivity index (χ4n) is 1.19. The van der Waals surface area contributed by atoms with Gasteiger partial charge in [0, 0.05) is 14.5 Å². The van der Waals surface area contributed by atoms with Gasteiger partial charge in [-0.1, -0.05) is 37.0 Å². The molecule has 0 spiro atoms. The molecule has 1 unspecified atom stereocenters. The van der Waals surface area contributed by atoms with Crippen molar-refractivity contribution in [2.75, 3.05) is 0 Å². The molecule has 0 bridgehead atoms. The van der Waals surface area contributed by atoms with E-state index >= 15 is 0 Å². The number of aromatic nitrogens is 2. The van der Waals surface area contributed by atoms with Gasteiger partial charge in [-0.2, -0.15) is 4.98 Å². The lowest BCUT2D eigenvalue weighted by Crippen LogP contribution is -1.86. The topological polar surface area (TPSA) is 38.9 Å². The van der Waals surface area contributed by atoms with E-state index in [-0.39, 0.29) is 5.38 Å². The molecule has 0 radical (unpaired) electrons. The zero-order valence-corrected chi connectivity index (χ0v) is 12.2. The molecule has 0 amide bonds. The molecule has 0 aliphatic rings. The van der Waals surface area contributed by atoms with E-state index in [1.54, 1.807) is 6.92 Å². The first kappa shape index (κ1) is 12.1. The highest BCUT2D eigenvalue weighted by Gasteiger charge is 2.13. The maximum atomic E-state index is 5.86. The van der Waals surface area contributed by atoms with Crippen molar-refractivity contribution in [2.45, 2.75) is 12.3 Å². The van der Waals surface area contributed by atoms with Crippen molar-refractivity contribution in [2.24, 2.45) is 0 Å². The molecular weight excluding hydrogens is 359 g/mol. The number of alkyl halides is 1. The van der Waals surface area contributed by atoms with Gasteiger partial charge in [0.15, 0.2) is 5.82 Å². The van der Waals surface area contributed by atoms with Crippen LogP contribution in [-0.2, 0) is 0 Å². The summed E-state index contributed by atoms with van der Waals surface area (Å²) in [6, 6.07) is 5.74. The second-order valence-electron chi connectivity index (χ2n) is 3.23. The summed E-state index contributed by atoms with van der Waals surface area (Å²) in [4.78, 5) is 4.21. The van der Waals surface area contributed by atoms with Crippen LogP contribution >= 0.6 is 43.5 Å². The fourth-order valence-corrected chi connectivity index (χ4v) is 2.57. The third-order valence-electron chi connectivity index (χ3n) is 1.91. The molecule has 0 N–H and O–H groups in total. The molecule has 0 saturated heterocycles. The molecule has 3 nitrogen and oxygen atoms in total. The first-order chi connectivity index (χ1) is 7.56. The summed E-state index contributed by atoms with van der Waals surface area (Å²) in [5, 5.41) is 3.55. The maximum Gasteiger partial charge on any atom is 0.258 e. The van der Waals surface area contributed by atoms with Crippen molar-refractivity contribution < 1.29 is 4.52 Å². The fraction of sp³-hybridized carbons (Fsp3) is 0.200. The molecule has 0 aliphatic carbocycles. The molecule has 16 heavy (non-hydrogen) atoms. The lowest BCUT2D eigenvalue weighted by Gasteiger charge is -1.97. The van der Waals surface area contributed by atoms with Gasteiger partial charge in [-0.05, 0) is 25.1 Å². The summed E-state index contributed by atoms with van der Waals surface area (Å²) in [7, 11) is 0. The van der Waals surface area contributed by atoms with Gasteiger partial charge in [-0.15, -0.1) is 11.6 Å². The molecule has 1 atom stereocenters. The molecule has 6 heteroatoms. The van der Waals surface area contributed by atoms with Crippen molar-refractivity contribution in [1.82, 2.24) is 10.1 Å². The Hall–Kier alpha value is -0.390. The van der Waals surface area contributed by atoms with Crippen LogP contribution in [0.25, 0.3) is 11.5 Å². The van der Waals surface area contributed by atoms with Crippen LogP contribution in [-0.4, -0.2) is 10.1 Å². The highest BCUT2D eigenvalue weighted by molar-refractivity contribution is 9.11. The summed E-state index contributed by atoms with van der Waals surface area (Å²) >= 11 is 12.7. The number of rotatable bonds is 2. The van der Waals surface area contributed by atoms with Gasteiger partial charge in [0.2, 0.25) is 0 Å². The second kappa shape index (κ2) is 4.85. The smallest absolute Gasteiger partial charge is 0.258 e. The third kappa shape index (κ3) is 2.64. The van der Waals surface area contributed by atoms with Crippen LogP contribution in [0, 0.1) is 0 Å². The first-order valence-corrected chi connectivity index (χ1v) is 6.52. The van der Waals surface area contributed by atoms with Gasteiger partial charge in [0.1, 0.15) is 0 Å². The van der Waals surface area contributed by atoms with Gasteiger partial charge in [-0.25, -0.2) is 0 Å². The van der Waals surface area contributed by atoms with Crippen LogP contribution in [0.2, 0.25) is 0 Å². The average molecular weight is 366 g/mol. The number of nitrogens with zero attached hydrogens (tertiary/aromatic N) is 2. The highest BCUT2D eigenvalue weighted by Crippen LogP contribution is 2.27. The second-order valence-corrected chi connectivity index (χ2v) is 5.72. The van der Waals surface area contributed by atoms with E-state index in [9.17, 15) is 0 Å². The van der Waals surface area contributed by atoms with Crippen molar-refractivity contribution in [1.29, 1.82) is 0 Å². The molecule has 0 saturated carbocycles. The quantitative estimate of drug-likeness (QED) is 0.732. The summed E-state index contributed by atoms with van der Waals surface area (Å²) in [5.74, 6) is 0.956. The minimum absolute atomic E-state index is 0.256. The number of halogens is 3. The van der Waals surface area contributed by atoms with Crippen LogP contribution in [0.3, 0.4) is 0 Å². The molecule has 1 heterocycles.